The van der Waals surface area contributed by atoms with Crippen LogP contribution in [-0.2, 0) is 0 Å². The van der Waals surface area contributed by atoms with Crippen LogP contribution in [0.1, 0.15) is 29.4 Å². The second-order valence-corrected chi connectivity index (χ2v) is 2.78. The molecular weight excluding hydrogens is 139 g/mol. The Labute approximate surface area is 65.8 Å². The zero-order valence-corrected chi connectivity index (χ0v) is 6.03. The Balaban J connectivity index is 2.44. The summed E-state index contributed by atoms with van der Waals surface area (Å²) in [6.07, 6.45) is 4.52. The lowest BCUT2D eigenvalue weighted by atomic mass is 9.98. The molecule has 2 rings (SSSR count). The highest BCUT2D eigenvalue weighted by atomic mass is 16.1. The second-order valence-electron chi connectivity index (χ2n) is 2.78. The van der Waals surface area contributed by atoms with E-state index < -0.39 is 0 Å². The summed E-state index contributed by atoms with van der Waals surface area (Å²) in [5.74, 6) is 0. The van der Waals surface area contributed by atoms with Crippen LogP contribution in [0.25, 0.3) is 0 Å². The lowest BCUT2D eigenvalue weighted by Gasteiger charge is -1.98. The lowest BCUT2D eigenvalue weighted by Crippen LogP contribution is -2.10. The van der Waals surface area contributed by atoms with Gasteiger partial charge in [-0.3, -0.25) is 9.48 Å². The molecule has 0 aromatic carbocycles. The van der Waals surface area contributed by atoms with Crippen molar-refractivity contribution in [2.45, 2.75) is 18.9 Å². The minimum absolute atomic E-state index is 0.424. The predicted octanol–water partition coefficient (Wildman–Crippen LogP) is -0.176. The summed E-state index contributed by atoms with van der Waals surface area (Å²) in [5.41, 5.74) is 0.999. The van der Waals surface area contributed by atoms with Gasteiger partial charge in [0.15, 0.2) is 6.29 Å². The van der Waals surface area contributed by atoms with E-state index in [-0.39, 0.29) is 0 Å². The van der Waals surface area contributed by atoms with Crippen LogP contribution in [0.2, 0.25) is 0 Å². The first-order valence-corrected chi connectivity index (χ1v) is 3.61. The van der Waals surface area contributed by atoms with Crippen molar-refractivity contribution in [2.75, 3.05) is 0 Å². The fourth-order valence-corrected chi connectivity index (χ4v) is 1.12. The Bertz CT molecular complexity index is 291. The number of nitrogens with zero attached hydrogens (tertiary/aromatic N) is 2. The third-order valence-electron chi connectivity index (χ3n) is 1.87. The maximum atomic E-state index is 10.5. The molecule has 0 saturated heterocycles. The van der Waals surface area contributed by atoms with Gasteiger partial charge in [-0.15, -0.1) is 0 Å². The number of carbonyl (C=O) groups excluding carboxylic acids is 1. The monoisotopic (exact) mass is 146 g/mol. The van der Waals surface area contributed by atoms with Gasteiger partial charge < -0.3 is 0 Å². The Morgan fingerprint density at radius 3 is 3.00 bits per heavy atom. The molecule has 2 radical (unpaired) electrons. The van der Waals surface area contributed by atoms with E-state index in [1.807, 2.05) is 0 Å². The van der Waals surface area contributed by atoms with Gasteiger partial charge in [-0.05, 0) is 18.3 Å². The van der Waals surface area contributed by atoms with E-state index in [2.05, 4.69) is 5.10 Å². The van der Waals surface area contributed by atoms with Gasteiger partial charge in [0.2, 0.25) is 0 Å². The Morgan fingerprint density at radius 2 is 2.45 bits per heavy atom. The van der Waals surface area contributed by atoms with E-state index in [1.165, 1.54) is 6.20 Å². The second kappa shape index (κ2) is 2.22. The van der Waals surface area contributed by atoms with Crippen LogP contribution in [0.5, 0.6) is 0 Å². The van der Waals surface area contributed by atoms with Crippen molar-refractivity contribution in [2.24, 2.45) is 0 Å². The van der Waals surface area contributed by atoms with Gasteiger partial charge in [0.05, 0.1) is 11.7 Å². The quantitative estimate of drug-likeness (QED) is 0.428. The van der Waals surface area contributed by atoms with E-state index >= 15 is 0 Å². The highest BCUT2D eigenvalue weighted by Crippen LogP contribution is 2.34. The Morgan fingerprint density at radius 1 is 1.73 bits per heavy atom. The predicted molar refractivity (Wildman–Crippen MR) is 41.3 cm³/mol. The van der Waals surface area contributed by atoms with Crippen LogP contribution in [0.3, 0.4) is 0 Å². The molecule has 0 unspecified atom stereocenters. The number of aromatic nitrogens is 2. The van der Waals surface area contributed by atoms with E-state index in [9.17, 15) is 4.79 Å². The summed E-state index contributed by atoms with van der Waals surface area (Å²) in [4.78, 5) is 10.5. The lowest BCUT2D eigenvalue weighted by molar-refractivity contribution is 0.111. The number of hydrogen-bond donors (Lipinski definition) is 0. The van der Waals surface area contributed by atoms with Crippen LogP contribution < -0.4 is 5.46 Å². The minimum atomic E-state index is 0.424. The maximum absolute atomic E-state index is 10.5. The summed E-state index contributed by atoms with van der Waals surface area (Å²) >= 11 is 0. The molecule has 4 heteroatoms. The minimum Gasteiger partial charge on any atom is -0.296 e. The molecule has 0 bridgehead atoms. The van der Waals surface area contributed by atoms with Crippen molar-refractivity contribution in [1.29, 1.82) is 0 Å². The van der Waals surface area contributed by atoms with Gasteiger partial charge in [-0.2, -0.15) is 5.10 Å². The van der Waals surface area contributed by atoms with Crippen LogP contribution in [-0.4, -0.2) is 23.9 Å². The van der Waals surface area contributed by atoms with E-state index in [0.717, 1.165) is 19.1 Å². The highest BCUT2D eigenvalue weighted by molar-refractivity contribution is 6.34. The van der Waals surface area contributed by atoms with Crippen molar-refractivity contribution >= 4 is 19.6 Å². The SMILES string of the molecule is [B]c1cnn(C2CC2)c1C=O. The van der Waals surface area contributed by atoms with Crippen LogP contribution in [0.4, 0.5) is 0 Å². The third kappa shape index (κ3) is 0.983. The first kappa shape index (κ1) is 6.64. The van der Waals surface area contributed by atoms with Gasteiger partial charge in [0.25, 0.3) is 0 Å². The van der Waals surface area contributed by atoms with E-state index in [4.69, 9.17) is 7.85 Å². The molecule has 3 nitrogen and oxygen atoms in total. The molecule has 1 aromatic rings. The molecular formula is C7H7BN2O. The Kier molecular flexibility index (Phi) is 1.34. The maximum Gasteiger partial charge on any atom is 0.167 e. The molecule has 1 saturated carbocycles. The van der Waals surface area contributed by atoms with Crippen molar-refractivity contribution in [3.8, 4) is 0 Å². The van der Waals surface area contributed by atoms with Crippen molar-refractivity contribution < 1.29 is 4.79 Å². The van der Waals surface area contributed by atoms with Crippen LogP contribution in [0.15, 0.2) is 6.20 Å². The molecule has 1 aliphatic rings. The van der Waals surface area contributed by atoms with E-state index in [1.54, 1.807) is 4.68 Å². The topological polar surface area (TPSA) is 34.9 Å². The summed E-state index contributed by atoms with van der Waals surface area (Å²) in [6, 6.07) is 0.424. The van der Waals surface area contributed by atoms with Crippen molar-refractivity contribution in [3.63, 3.8) is 0 Å². The molecule has 11 heavy (non-hydrogen) atoms. The van der Waals surface area contributed by atoms with Gasteiger partial charge in [-0.25, -0.2) is 0 Å². The molecule has 54 valence electrons. The van der Waals surface area contributed by atoms with Crippen molar-refractivity contribution in [3.05, 3.63) is 11.9 Å². The zero-order chi connectivity index (χ0) is 7.84. The first-order valence-electron chi connectivity index (χ1n) is 3.61. The van der Waals surface area contributed by atoms with E-state index in [0.29, 0.717) is 17.2 Å². The molecule has 0 spiro atoms. The van der Waals surface area contributed by atoms with Gasteiger partial charge in [0.1, 0.15) is 7.85 Å². The molecule has 1 aliphatic carbocycles. The zero-order valence-electron chi connectivity index (χ0n) is 6.03. The van der Waals surface area contributed by atoms with Gasteiger partial charge in [0, 0.05) is 6.20 Å². The first-order chi connectivity index (χ1) is 5.33. The molecule has 0 atom stereocenters. The number of carbonyl (C=O) groups is 1. The van der Waals surface area contributed by atoms with Crippen molar-refractivity contribution in [1.82, 2.24) is 9.78 Å². The fourth-order valence-electron chi connectivity index (χ4n) is 1.12. The summed E-state index contributed by atoms with van der Waals surface area (Å²) < 4.78 is 1.71. The van der Waals surface area contributed by atoms with Gasteiger partial charge in [-0.1, -0.05) is 0 Å². The average Bonchev–Trinajstić information content (AvgIpc) is 2.76. The van der Waals surface area contributed by atoms with Crippen LogP contribution >= 0.6 is 0 Å². The third-order valence-corrected chi connectivity index (χ3v) is 1.87. The summed E-state index contributed by atoms with van der Waals surface area (Å²) in [5, 5.41) is 4.01. The standard InChI is InChI=1S/C7H7BN2O/c8-6-3-9-10(5-1-2-5)7(6)4-11/h3-5H,1-2H2. The van der Waals surface area contributed by atoms with Crippen LogP contribution in [0, 0.1) is 0 Å². The molecule has 0 aliphatic heterocycles. The fraction of sp³-hybridized carbons (Fsp3) is 0.429. The molecule has 1 fully saturated rings. The van der Waals surface area contributed by atoms with Gasteiger partial charge >= 0.3 is 0 Å². The summed E-state index contributed by atoms with van der Waals surface area (Å²) in [7, 11) is 5.50. The Hall–Kier alpha value is -1.06. The summed E-state index contributed by atoms with van der Waals surface area (Å²) in [6.45, 7) is 0. The molecule has 1 aromatic heterocycles. The highest BCUT2D eigenvalue weighted by Gasteiger charge is 2.26. The largest absolute Gasteiger partial charge is 0.296 e. The number of hydrogen-bond acceptors (Lipinski definition) is 2. The molecule has 1 heterocycles. The average molecular weight is 146 g/mol. The normalized spacial score (nSPS) is 16.7. The smallest absolute Gasteiger partial charge is 0.167 e. The number of aldehydes is 1. The number of rotatable bonds is 2. The molecule has 0 N–H and O–H groups in total. The molecule has 0 amide bonds.